The number of ether oxygens (including phenoxy) is 1. The lowest BCUT2D eigenvalue weighted by atomic mass is 10.2. The van der Waals surface area contributed by atoms with E-state index >= 15 is 0 Å². The van der Waals surface area contributed by atoms with Crippen molar-refractivity contribution in [3.63, 3.8) is 0 Å². The fraction of sp³-hybridized carbons (Fsp3) is 0.500. The molecule has 1 heterocycles. The summed E-state index contributed by atoms with van der Waals surface area (Å²) in [6, 6.07) is 0. The summed E-state index contributed by atoms with van der Waals surface area (Å²) in [4.78, 5) is 25.4. The van der Waals surface area contributed by atoms with Gasteiger partial charge in [-0.05, 0) is 27.7 Å². The number of aryl methyl sites for hydroxylation is 2. The molecular formula is C14H20N2O4. The van der Waals surface area contributed by atoms with E-state index in [2.05, 4.69) is 11.7 Å². The minimum atomic E-state index is -0.596. The number of hydrogen-bond donors (Lipinski definition) is 0. The Hall–Kier alpha value is -2.11. The largest absolute Gasteiger partial charge is 0.452 e. The molecule has 20 heavy (non-hydrogen) atoms. The molecule has 0 radical (unpaired) electrons. The van der Waals surface area contributed by atoms with Crippen molar-refractivity contribution < 1.29 is 18.8 Å². The minimum Gasteiger partial charge on any atom is -0.452 e. The molecule has 0 aliphatic heterocycles. The molecule has 0 aliphatic carbocycles. The molecule has 0 aromatic carbocycles. The van der Waals surface area contributed by atoms with Gasteiger partial charge >= 0.3 is 5.97 Å². The molecule has 0 saturated heterocycles. The average molecular weight is 280 g/mol. The number of hydrogen-bond acceptors (Lipinski definition) is 5. The molecule has 1 aromatic heterocycles. The Balaban J connectivity index is 2.60. The third-order valence-electron chi connectivity index (χ3n) is 2.76. The standard InChI is InChI=1S/C14H20N2O4/c1-6-16(7-9(2)3)12(17)8-19-14(18)13-10(4)15-20-11(13)5/h2,6-8H2,1,3-5H3. The van der Waals surface area contributed by atoms with E-state index in [1.165, 1.54) is 0 Å². The van der Waals surface area contributed by atoms with Crippen LogP contribution in [-0.2, 0) is 9.53 Å². The zero-order valence-corrected chi connectivity index (χ0v) is 12.4. The third-order valence-corrected chi connectivity index (χ3v) is 2.76. The van der Waals surface area contributed by atoms with Gasteiger partial charge in [0.1, 0.15) is 11.3 Å². The van der Waals surface area contributed by atoms with Gasteiger partial charge in [0.05, 0.1) is 5.69 Å². The van der Waals surface area contributed by atoms with Crippen LogP contribution in [0.4, 0.5) is 0 Å². The topological polar surface area (TPSA) is 72.6 Å². The molecule has 1 aromatic rings. The van der Waals surface area contributed by atoms with E-state index in [4.69, 9.17) is 9.26 Å². The van der Waals surface area contributed by atoms with Gasteiger partial charge in [-0.25, -0.2) is 4.79 Å². The normalized spacial score (nSPS) is 10.2. The van der Waals surface area contributed by atoms with Gasteiger partial charge in [-0.2, -0.15) is 0 Å². The lowest BCUT2D eigenvalue weighted by Gasteiger charge is -2.20. The number of esters is 1. The highest BCUT2D eigenvalue weighted by Crippen LogP contribution is 2.13. The smallest absolute Gasteiger partial charge is 0.344 e. The maximum Gasteiger partial charge on any atom is 0.344 e. The Morgan fingerprint density at radius 2 is 2.05 bits per heavy atom. The number of rotatable bonds is 6. The summed E-state index contributed by atoms with van der Waals surface area (Å²) in [5.74, 6) is -0.467. The molecule has 1 amide bonds. The van der Waals surface area contributed by atoms with Crippen LogP contribution in [0.1, 0.15) is 35.7 Å². The molecule has 0 fully saturated rings. The lowest BCUT2D eigenvalue weighted by Crippen LogP contribution is -2.35. The molecule has 1 rings (SSSR count). The van der Waals surface area contributed by atoms with Crippen molar-refractivity contribution in [2.24, 2.45) is 0 Å². The quantitative estimate of drug-likeness (QED) is 0.587. The SMILES string of the molecule is C=C(C)CN(CC)C(=O)COC(=O)c1c(C)noc1C. The van der Waals surface area contributed by atoms with Crippen LogP contribution in [0.25, 0.3) is 0 Å². The number of nitrogens with zero attached hydrogens (tertiary/aromatic N) is 2. The Labute approximate surface area is 118 Å². The molecule has 6 heteroatoms. The van der Waals surface area contributed by atoms with Crippen molar-refractivity contribution in [1.29, 1.82) is 0 Å². The maximum atomic E-state index is 11.9. The van der Waals surface area contributed by atoms with Crippen LogP contribution in [-0.4, -0.2) is 41.6 Å². The average Bonchev–Trinajstić information content (AvgIpc) is 2.72. The predicted octanol–water partition coefficient (Wildman–Crippen LogP) is 1.87. The van der Waals surface area contributed by atoms with Gasteiger partial charge in [0.25, 0.3) is 5.91 Å². The second-order valence-corrected chi connectivity index (χ2v) is 4.64. The first kappa shape index (κ1) is 15.9. The first-order valence-electron chi connectivity index (χ1n) is 6.39. The third kappa shape index (κ3) is 3.94. The fourth-order valence-electron chi connectivity index (χ4n) is 1.77. The highest BCUT2D eigenvalue weighted by Gasteiger charge is 2.21. The van der Waals surface area contributed by atoms with E-state index in [0.717, 1.165) is 5.57 Å². The van der Waals surface area contributed by atoms with Gasteiger partial charge < -0.3 is 14.2 Å². The van der Waals surface area contributed by atoms with E-state index < -0.39 is 5.97 Å². The monoisotopic (exact) mass is 280 g/mol. The molecule has 0 unspecified atom stereocenters. The van der Waals surface area contributed by atoms with E-state index in [1.807, 2.05) is 13.8 Å². The summed E-state index contributed by atoms with van der Waals surface area (Å²) in [5, 5.41) is 3.67. The van der Waals surface area contributed by atoms with Crippen molar-refractivity contribution >= 4 is 11.9 Å². The van der Waals surface area contributed by atoms with Crippen LogP contribution in [0.2, 0.25) is 0 Å². The fourth-order valence-corrected chi connectivity index (χ4v) is 1.77. The van der Waals surface area contributed by atoms with Gasteiger partial charge in [0.15, 0.2) is 6.61 Å². The van der Waals surface area contributed by atoms with Gasteiger partial charge in [0.2, 0.25) is 0 Å². The Morgan fingerprint density at radius 3 is 2.50 bits per heavy atom. The van der Waals surface area contributed by atoms with Gasteiger partial charge in [-0.15, -0.1) is 0 Å². The summed E-state index contributed by atoms with van der Waals surface area (Å²) in [7, 11) is 0. The minimum absolute atomic E-state index is 0.254. The van der Waals surface area contributed by atoms with Crippen LogP contribution in [0.3, 0.4) is 0 Å². The predicted molar refractivity (Wildman–Crippen MR) is 73.3 cm³/mol. The molecule has 0 aliphatic rings. The Morgan fingerprint density at radius 1 is 1.40 bits per heavy atom. The second-order valence-electron chi connectivity index (χ2n) is 4.64. The summed E-state index contributed by atoms with van der Waals surface area (Å²) in [5.41, 5.74) is 1.60. The number of amides is 1. The van der Waals surface area contributed by atoms with E-state index in [-0.39, 0.29) is 18.1 Å². The second kappa shape index (κ2) is 6.88. The van der Waals surface area contributed by atoms with Crippen LogP contribution in [0.15, 0.2) is 16.7 Å². The maximum absolute atomic E-state index is 11.9. The number of carbonyl (C=O) groups excluding carboxylic acids is 2. The summed E-state index contributed by atoms with van der Waals surface area (Å²) < 4.78 is 9.90. The molecule has 0 spiro atoms. The molecule has 0 atom stereocenters. The van der Waals surface area contributed by atoms with E-state index in [1.54, 1.807) is 18.7 Å². The van der Waals surface area contributed by atoms with Crippen LogP contribution in [0, 0.1) is 13.8 Å². The van der Waals surface area contributed by atoms with Gasteiger partial charge in [-0.1, -0.05) is 17.3 Å². The van der Waals surface area contributed by atoms with E-state index in [9.17, 15) is 9.59 Å². The van der Waals surface area contributed by atoms with Gasteiger partial charge in [0, 0.05) is 13.1 Å². The zero-order valence-electron chi connectivity index (χ0n) is 12.4. The first-order valence-corrected chi connectivity index (χ1v) is 6.39. The molecule has 0 saturated carbocycles. The summed E-state index contributed by atoms with van der Waals surface area (Å²) >= 11 is 0. The van der Waals surface area contributed by atoms with Crippen LogP contribution in [0.5, 0.6) is 0 Å². The Kier molecular flexibility index (Phi) is 5.49. The Bertz CT molecular complexity index is 500. The molecule has 0 bridgehead atoms. The highest BCUT2D eigenvalue weighted by molar-refractivity contribution is 5.93. The van der Waals surface area contributed by atoms with E-state index in [0.29, 0.717) is 24.5 Å². The number of likely N-dealkylation sites (N-methyl/N-ethyl adjacent to an activating group) is 1. The zero-order chi connectivity index (χ0) is 15.3. The van der Waals surface area contributed by atoms with Crippen molar-refractivity contribution in [1.82, 2.24) is 10.1 Å². The van der Waals surface area contributed by atoms with Crippen molar-refractivity contribution in [2.75, 3.05) is 19.7 Å². The number of carbonyl (C=O) groups is 2. The van der Waals surface area contributed by atoms with Crippen molar-refractivity contribution in [2.45, 2.75) is 27.7 Å². The molecular weight excluding hydrogens is 260 g/mol. The molecule has 110 valence electrons. The summed E-state index contributed by atoms with van der Waals surface area (Å²) in [6.45, 7) is 11.4. The summed E-state index contributed by atoms with van der Waals surface area (Å²) in [6.07, 6.45) is 0. The van der Waals surface area contributed by atoms with Crippen molar-refractivity contribution in [3.05, 3.63) is 29.2 Å². The van der Waals surface area contributed by atoms with Gasteiger partial charge in [-0.3, -0.25) is 4.79 Å². The van der Waals surface area contributed by atoms with Crippen LogP contribution < -0.4 is 0 Å². The first-order chi connectivity index (χ1) is 9.36. The number of aromatic nitrogens is 1. The highest BCUT2D eigenvalue weighted by atomic mass is 16.5. The lowest BCUT2D eigenvalue weighted by molar-refractivity contribution is -0.133. The molecule has 0 N–H and O–H groups in total. The molecule has 6 nitrogen and oxygen atoms in total. The van der Waals surface area contributed by atoms with Crippen molar-refractivity contribution in [3.8, 4) is 0 Å². The van der Waals surface area contributed by atoms with Crippen LogP contribution >= 0.6 is 0 Å².